The highest BCUT2D eigenvalue weighted by Crippen LogP contribution is 2.23. The molecule has 0 amide bonds. The van der Waals surface area contributed by atoms with Gasteiger partial charge in [-0.25, -0.2) is 8.42 Å². The van der Waals surface area contributed by atoms with Gasteiger partial charge in [-0.1, -0.05) is 11.6 Å². The summed E-state index contributed by atoms with van der Waals surface area (Å²) in [5, 5.41) is 18.2. The highest BCUT2D eigenvalue weighted by molar-refractivity contribution is 7.89. The molecule has 0 aliphatic heterocycles. The fraction of sp³-hybridized carbons (Fsp3) is 0.417. The first-order valence-electron chi connectivity index (χ1n) is 5.77. The summed E-state index contributed by atoms with van der Waals surface area (Å²) < 4.78 is 30.9. The lowest BCUT2D eigenvalue weighted by Crippen LogP contribution is -2.36. The average Bonchev–Trinajstić information content (AvgIpc) is 2.43. The van der Waals surface area contributed by atoms with Gasteiger partial charge >= 0.3 is 0 Å². The van der Waals surface area contributed by atoms with Crippen molar-refractivity contribution < 1.29 is 18.3 Å². The highest BCUT2D eigenvalue weighted by atomic mass is 35.5. The molecule has 0 fully saturated rings. The van der Waals surface area contributed by atoms with E-state index >= 15 is 0 Å². The van der Waals surface area contributed by atoms with Gasteiger partial charge in [-0.2, -0.15) is 9.57 Å². The van der Waals surface area contributed by atoms with Crippen molar-refractivity contribution in [1.82, 2.24) is 4.31 Å². The molecule has 1 N–H and O–H groups in total. The summed E-state index contributed by atoms with van der Waals surface area (Å²) in [6, 6.07) is 5.85. The van der Waals surface area contributed by atoms with Crippen molar-refractivity contribution >= 4 is 21.6 Å². The molecule has 0 saturated carbocycles. The number of nitriles is 1. The van der Waals surface area contributed by atoms with E-state index < -0.39 is 10.0 Å². The van der Waals surface area contributed by atoms with Crippen LogP contribution in [0.5, 0.6) is 0 Å². The van der Waals surface area contributed by atoms with Crippen LogP contribution in [0.1, 0.15) is 5.56 Å². The Bertz CT molecular complexity index is 598. The van der Waals surface area contributed by atoms with Crippen LogP contribution in [-0.4, -0.2) is 51.2 Å². The first-order chi connectivity index (χ1) is 9.47. The number of hydrogen-bond acceptors (Lipinski definition) is 5. The van der Waals surface area contributed by atoms with Crippen LogP contribution < -0.4 is 0 Å². The molecule has 0 bridgehead atoms. The molecule has 0 heterocycles. The molecule has 0 aliphatic rings. The SMILES string of the molecule is COCCN(CCO)S(=O)(=O)c1cc(Cl)ccc1C#N. The number of halogens is 1. The van der Waals surface area contributed by atoms with Crippen molar-refractivity contribution in [3.8, 4) is 6.07 Å². The summed E-state index contributed by atoms with van der Waals surface area (Å²) in [5.74, 6) is 0. The molecule has 6 nitrogen and oxygen atoms in total. The van der Waals surface area contributed by atoms with Crippen molar-refractivity contribution in [2.24, 2.45) is 0 Å². The Morgan fingerprint density at radius 1 is 1.45 bits per heavy atom. The molecule has 8 heteroatoms. The Hall–Kier alpha value is -1.17. The number of sulfonamides is 1. The maximum absolute atomic E-state index is 12.5. The quantitative estimate of drug-likeness (QED) is 0.804. The molecule has 0 radical (unpaired) electrons. The van der Waals surface area contributed by atoms with Crippen LogP contribution in [0.4, 0.5) is 0 Å². The van der Waals surface area contributed by atoms with E-state index in [-0.39, 0.29) is 41.8 Å². The lowest BCUT2D eigenvalue weighted by molar-refractivity contribution is 0.168. The first-order valence-corrected chi connectivity index (χ1v) is 7.58. The minimum absolute atomic E-state index is 0.00903. The summed E-state index contributed by atoms with van der Waals surface area (Å²) in [6.45, 7) is -0.146. The number of nitrogens with zero attached hydrogens (tertiary/aromatic N) is 2. The number of rotatable bonds is 7. The van der Waals surface area contributed by atoms with Gasteiger partial charge in [0.2, 0.25) is 10.0 Å². The Labute approximate surface area is 123 Å². The molecule has 1 aromatic rings. The maximum atomic E-state index is 12.5. The van der Waals surface area contributed by atoms with E-state index in [2.05, 4.69) is 0 Å². The highest BCUT2D eigenvalue weighted by Gasteiger charge is 2.26. The van der Waals surface area contributed by atoms with Crippen molar-refractivity contribution in [1.29, 1.82) is 5.26 Å². The van der Waals surface area contributed by atoms with Gasteiger partial charge in [-0.05, 0) is 18.2 Å². The molecule has 1 rings (SSSR count). The molecular weight excluding hydrogens is 304 g/mol. The van der Waals surface area contributed by atoms with E-state index in [1.807, 2.05) is 6.07 Å². The van der Waals surface area contributed by atoms with Crippen LogP contribution in [0, 0.1) is 11.3 Å². The van der Waals surface area contributed by atoms with Crippen LogP contribution >= 0.6 is 11.6 Å². The third-order valence-corrected chi connectivity index (χ3v) is 4.75. The van der Waals surface area contributed by atoms with Gasteiger partial charge in [0.1, 0.15) is 11.0 Å². The first kappa shape index (κ1) is 16.9. The average molecular weight is 319 g/mol. The van der Waals surface area contributed by atoms with Gasteiger partial charge in [0.25, 0.3) is 0 Å². The second-order valence-corrected chi connectivity index (χ2v) is 6.22. The van der Waals surface area contributed by atoms with Gasteiger partial charge in [-0.15, -0.1) is 0 Å². The van der Waals surface area contributed by atoms with Crippen LogP contribution in [0.3, 0.4) is 0 Å². The fourth-order valence-corrected chi connectivity index (χ4v) is 3.42. The number of aliphatic hydroxyl groups is 1. The molecule has 20 heavy (non-hydrogen) atoms. The Morgan fingerprint density at radius 2 is 2.15 bits per heavy atom. The summed E-state index contributed by atoms with van der Waals surface area (Å²) in [6.07, 6.45) is 0. The molecule has 0 aliphatic carbocycles. The molecule has 0 aromatic heterocycles. The van der Waals surface area contributed by atoms with Crippen molar-refractivity contribution in [2.75, 3.05) is 33.4 Å². The van der Waals surface area contributed by atoms with Gasteiger partial charge in [-0.3, -0.25) is 0 Å². The summed E-state index contributed by atoms with van der Waals surface area (Å²) in [4.78, 5) is -0.169. The summed E-state index contributed by atoms with van der Waals surface area (Å²) in [7, 11) is -2.47. The topological polar surface area (TPSA) is 90.6 Å². The van der Waals surface area contributed by atoms with Gasteiger partial charge in [0.05, 0.1) is 18.8 Å². The van der Waals surface area contributed by atoms with E-state index in [1.165, 1.54) is 25.3 Å². The lowest BCUT2D eigenvalue weighted by atomic mass is 10.2. The molecule has 110 valence electrons. The molecule has 0 saturated heterocycles. The zero-order valence-electron chi connectivity index (χ0n) is 10.9. The van der Waals surface area contributed by atoms with Gasteiger partial charge < -0.3 is 9.84 Å². The van der Waals surface area contributed by atoms with E-state index in [4.69, 9.17) is 26.7 Å². The van der Waals surface area contributed by atoms with Crippen molar-refractivity contribution in [3.05, 3.63) is 28.8 Å². The minimum atomic E-state index is -3.91. The van der Waals surface area contributed by atoms with E-state index in [0.29, 0.717) is 0 Å². The second kappa shape index (κ2) is 7.57. The minimum Gasteiger partial charge on any atom is -0.395 e. The Kier molecular flexibility index (Phi) is 6.39. The smallest absolute Gasteiger partial charge is 0.244 e. The number of methoxy groups -OCH3 is 1. The summed E-state index contributed by atoms with van der Waals surface area (Å²) >= 11 is 5.80. The van der Waals surface area contributed by atoms with Gasteiger partial charge in [0.15, 0.2) is 0 Å². The van der Waals surface area contributed by atoms with E-state index in [0.717, 1.165) is 4.31 Å². The number of benzene rings is 1. The molecule has 1 aromatic carbocycles. The molecule has 0 atom stereocenters. The second-order valence-electron chi connectivity index (χ2n) is 3.87. The van der Waals surface area contributed by atoms with Crippen LogP contribution in [0.2, 0.25) is 5.02 Å². The lowest BCUT2D eigenvalue weighted by Gasteiger charge is -2.21. The normalized spacial score (nSPS) is 11.6. The van der Waals surface area contributed by atoms with Gasteiger partial charge in [0, 0.05) is 25.2 Å². The predicted octanol–water partition coefficient (Wildman–Crippen LogP) is 0.841. The maximum Gasteiger partial charge on any atom is 0.244 e. The third kappa shape index (κ3) is 3.91. The summed E-state index contributed by atoms with van der Waals surface area (Å²) in [5.41, 5.74) is 0.00903. The monoisotopic (exact) mass is 318 g/mol. The standard InChI is InChI=1S/C12H15ClN2O4S/c1-19-7-5-15(4-6-16)20(17,18)12-8-11(13)3-2-10(12)9-14/h2-3,8,16H,4-7H2,1H3. The largest absolute Gasteiger partial charge is 0.395 e. The van der Waals surface area contributed by atoms with Crippen LogP contribution in [-0.2, 0) is 14.8 Å². The molecule has 0 unspecified atom stereocenters. The Morgan fingerprint density at radius 3 is 2.70 bits per heavy atom. The number of ether oxygens (including phenoxy) is 1. The van der Waals surface area contributed by atoms with E-state index in [9.17, 15) is 8.42 Å². The number of hydrogen-bond donors (Lipinski definition) is 1. The molecular formula is C12H15ClN2O4S. The molecule has 0 spiro atoms. The fourth-order valence-electron chi connectivity index (χ4n) is 1.60. The predicted molar refractivity (Wildman–Crippen MR) is 73.9 cm³/mol. The van der Waals surface area contributed by atoms with Crippen LogP contribution in [0.25, 0.3) is 0 Å². The zero-order chi connectivity index (χ0) is 15.2. The van der Waals surface area contributed by atoms with Crippen molar-refractivity contribution in [2.45, 2.75) is 4.90 Å². The van der Waals surface area contributed by atoms with Crippen LogP contribution in [0.15, 0.2) is 23.1 Å². The third-order valence-electron chi connectivity index (χ3n) is 2.58. The van der Waals surface area contributed by atoms with E-state index in [1.54, 1.807) is 0 Å². The Balaban J connectivity index is 3.25. The van der Waals surface area contributed by atoms with Crippen molar-refractivity contribution in [3.63, 3.8) is 0 Å². The number of aliphatic hydroxyl groups excluding tert-OH is 1. The zero-order valence-corrected chi connectivity index (χ0v) is 12.5.